The number of nitrogens with two attached hydrogens (primary N) is 1. The van der Waals surface area contributed by atoms with Gasteiger partial charge >= 0.3 is 6.03 Å². The lowest BCUT2D eigenvalue weighted by atomic mass is 10.1. The maximum absolute atomic E-state index is 13.6. The third kappa shape index (κ3) is 3.56. The first kappa shape index (κ1) is 14.5. The zero-order chi connectivity index (χ0) is 15.4. The van der Waals surface area contributed by atoms with Gasteiger partial charge in [-0.3, -0.25) is 5.41 Å². The van der Waals surface area contributed by atoms with Crippen LogP contribution in [0.3, 0.4) is 0 Å². The number of urea groups is 1. The van der Waals surface area contributed by atoms with Gasteiger partial charge in [-0.15, -0.1) is 0 Å². The molecule has 5 N–H and O–H groups in total. The van der Waals surface area contributed by atoms with E-state index in [4.69, 9.17) is 11.1 Å². The minimum Gasteiger partial charge on any atom is -0.384 e. The van der Waals surface area contributed by atoms with E-state index >= 15 is 0 Å². The van der Waals surface area contributed by atoms with Gasteiger partial charge in [0, 0.05) is 5.69 Å². The molecule has 2 rings (SSSR count). The van der Waals surface area contributed by atoms with Crippen LogP contribution in [0.4, 0.5) is 20.6 Å². The van der Waals surface area contributed by atoms with E-state index in [0.717, 1.165) is 5.56 Å². The van der Waals surface area contributed by atoms with Crippen LogP contribution in [-0.2, 0) is 0 Å². The van der Waals surface area contributed by atoms with Crippen LogP contribution in [-0.4, -0.2) is 11.9 Å². The molecule has 6 heteroatoms. The molecule has 0 saturated carbocycles. The number of aryl methyl sites for hydroxylation is 1. The summed E-state index contributed by atoms with van der Waals surface area (Å²) < 4.78 is 13.6. The number of hydrogen-bond donors (Lipinski definition) is 4. The van der Waals surface area contributed by atoms with Crippen molar-refractivity contribution in [2.24, 2.45) is 5.73 Å². The minimum absolute atomic E-state index is 0.128. The lowest BCUT2D eigenvalue weighted by Crippen LogP contribution is -2.23. The number of nitrogen functional groups attached to an aromatic ring is 1. The van der Waals surface area contributed by atoms with Gasteiger partial charge in [0.05, 0.1) is 11.3 Å². The van der Waals surface area contributed by atoms with Gasteiger partial charge < -0.3 is 16.4 Å². The Balaban J connectivity index is 2.17. The first-order chi connectivity index (χ1) is 9.97. The Bertz CT molecular complexity index is 700. The average molecular weight is 286 g/mol. The number of halogens is 1. The van der Waals surface area contributed by atoms with Gasteiger partial charge in [-0.1, -0.05) is 18.2 Å². The van der Waals surface area contributed by atoms with Gasteiger partial charge in [0.1, 0.15) is 11.7 Å². The van der Waals surface area contributed by atoms with Crippen molar-refractivity contribution < 1.29 is 9.18 Å². The highest BCUT2D eigenvalue weighted by atomic mass is 19.1. The van der Waals surface area contributed by atoms with Gasteiger partial charge in [-0.25, -0.2) is 9.18 Å². The Labute approximate surface area is 121 Å². The predicted molar refractivity (Wildman–Crippen MR) is 81.2 cm³/mol. The second kappa shape index (κ2) is 6.04. The molecule has 2 aromatic rings. The molecule has 0 aromatic heterocycles. The summed E-state index contributed by atoms with van der Waals surface area (Å²) in [6.07, 6.45) is 0. The van der Waals surface area contributed by atoms with Crippen LogP contribution in [0, 0.1) is 18.2 Å². The van der Waals surface area contributed by atoms with Crippen molar-refractivity contribution in [3.63, 3.8) is 0 Å². The number of amidine groups is 1. The number of rotatable bonds is 3. The third-order valence-electron chi connectivity index (χ3n) is 2.81. The summed E-state index contributed by atoms with van der Waals surface area (Å²) in [6, 6.07) is 10.8. The lowest BCUT2D eigenvalue weighted by Gasteiger charge is -2.12. The molecule has 0 unspecified atom stereocenters. The molecule has 21 heavy (non-hydrogen) atoms. The van der Waals surface area contributed by atoms with Crippen LogP contribution >= 0.6 is 0 Å². The van der Waals surface area contributed by atoms with E-state index in [1.165, 1.54) is 18.2 Å². The smallest absolute Gasteiger partial charge is 0.323 e. The van der Waals surface area contributed by atoms with Crippen LogP contribution in [0.15, 0.2) is 42.5 Å². The van der Waals surface area contributed by atoms with Crippen LogP contribution < -0.4 is 16.4 Å². The Morgan fingerprint density at radius 2 is 1.90 bits per heavy atom. The summed E-state index contributed by atoms with van der Waals surface area (Å²) in [5.41, 5.74) is 6.97. The zero-order valence-electron chi connectivity index (χ0n) is 11.4. The number of carbonyl (C=O) groups is 1. The Kier molecular flexibility index (Phi) is 4.18. The van der Waals surface area contributed by atoms with Gasteiger partial charge in [-0.05, 0) is 36.8 Å². The molecule has 108 valence electrons. The van der Waals surface area contributed by atoms with Crippen LogP contribution in [0.1, 0.15) is 11.1 Å². The number of benzene rings is 2. The van der Waals surface area contributed by atoms with E-state index in [1.807, 2.05) is 19.1 Å². The molecule has 2 amide bonds. The Morgan fingerprint density at radius 1 is 1.19 bits per heavy atom. The van der Waals surface area contributed by atoms with E-state index < -0.39 is 17.7 Å². The highest BCUT2D eigenvalue weighted by Crippen LogP contribution is 2.19. The molecule has 5 nitrogen and oxygen atoms in total. The second-order valence-electron chi connectivity index (χ2n) is 4.52. The fourth-order valence-electron chi connectivity index (χ4n) is 1.91. The predicted octanol–water partition coefficient (Wildman–Crippen LogP) is 3.06. The van der Waals surface area contributed by atoms with Crippen molar-refractivity contribution >= 4 is 23.2 Å². The number of carbonyl (C=O) groups excluding carboxylic acids is 1. The highest BCUT2D eigenvalue weighted by Gasteiger charge is 2.13. The minimum atomic E-state index is -0.657. The maximum Gasteiger partial charge on any atom is 0.323 e. The molecule has 0 fully saturated rings. The summed E-state index contributed by atoms with van der Waals surface area (Å²) in [6.45, 7) is 1.91. The fraction of sp³-hybridized carbons (Fsp3) is 0.0667. The number of amides is 2. The molecule has 0 aliphatic rings. The molecule has 0 spiro atoms. The quantitative estimate of drug-likeness (QED) is 0.516. The van der Waals surface area contributed by atoms with Crippen LogP contribution in [0.2, 0.25) is 0 Å². The SMILES string of the molecule is Cc1cccc(NC(=O)Nc2cccc(F)c2C(=N)N)c1. The zero-order valence-corrected chi connectivity index (χ0v) is 11.4. The van der Waals surface area contributed by atoms with Gasteiger partial charge in [-0.2, -0.15) is 0 Å². The molecule has 0 bridgehead atoms. The molecular weight excluding hydrogens is 271 g/mol. The van der Waals surface area contributed by atoms with Crippen LogP contribution in [0.25, 0.3) is 0 Å². The number of hydrogen-bond acceptors (Lipinski definition) is 2. The average Bonchev–Trinajstić information content (AvgIpc) is 2.37. The first-order valence-corrected chi connectivity index (χ1v) is 6.25. The molecule has 0 radical (unpaired) electrons. The van der Waals surface area contributed by atoms with Crippen molar-refractivity contribution in [2.75, 3.05) is 10.6 Å². The first-order valence-electron chi connectivity index (χ1n) is 6.25. The van der Waals surface area contributed by atoms with E-state index in [2.05, 4.69) is 10.6 Å². The van der Waals surface area contributed by atoms with Gasteiger partial charge in [0.2, 0.25) is 0 Å². The van der Waals surface area contributed by atoms with Gasteiger partial charge in [0.25, 0.3) is 0 Å². The van der Waals surface area contributed by atoms with E-state index in [1.54, 1.807) is 12.1 Å². The molecule has 2 aromatic carbocycles. The molecule has 0 heterocycles. The molecule has 0 atom stereocenters. The maximum atomic E-state index is 13.6. The van der Waals surface area contributed by atoms with E-state index in [9.17, 15) is 9.18 Å². The standard InChI is InChI=1S/C15H15FN4O/c1-9-4-2-5-10(8-9)19-15(21)20-12-7-3-6-11(16)13(12)14(17)18/h2-8H,1H3,(H3,17,18)(H2,19,20,21). The van der Waals surface area contributed by atoms with Crippen molar-refractivity contribution in [3.05, 3.63) is 59.4 Å². The fourth-order valence-corrected chi connectivity index (χ4v) is 1.91. The molecule has 0 saturated heterocycles. The lowest BCUT2D eigenvalue weighted by molar-refractivity contribution is 0.262. The van der Waals surface area contributed by atoms with Crippen molar-refractivity contribution in [1.82, 2.24) is 0 Å². The summed E-state index contributed by atoms with van der Waals surface area (Å²) in [5, 5.41) is 12.5. The largest absolute Gasteiger partial charge is 0.384 e. The Hall–Kier alpha value is -2.89. The normalized spacial score (nSPS) is 10.0. The third-order valence-corrected chi connectivity index (χ3v) is 2.81. The Morgan fingerprint density at radius 3 is 2.57 bits per heavy atom. The van der Waals surface area contributed by atoms with Crippen LogP contribution in [0.5, 0.6) is 0 Å². The van der Waals surface area contributed by atoms with E-state index in [-0.39, 0.29) is 11.3 Å². The summed E-state index contributed by atoms with van der Waals surface area (Å²) in [7, 11) is 0. The van der Waals surface area contributed by atoms with Gasteiger partial charge in [0.15, 0.2) is 0 Å². The van der Waals surface area contributed by atoms with Crippen molar-refractivity contribution in [1.29, 1.82) is 5.41 Å². The van der Waals surface area contributed by atoms with E-state index in [0.29, 0.717) is 5.69 Å². The summed E-state index contributed by atoms with van der Waals surface area (Å²) >= 11 is 0. The highest BCUT2D eigenvalue weighted by molar-refractivity contribution is 6.07. The number of anilines is 2. The molecular formula is C15H15FN4O. The topological polar surface area (TPSA) is 91.0 Å². The molecule has 0 aliphatic carbocycles. The van der Waals surface area contributed by atoms with Crippen molar-refractivity contribution in [3.8, 4) is 0 Å². The monoisotopic (exact) mass is 286 g/mol. The molecule has 0 aliphatic heterocycles. The van der Waals surface area contributed by atoms with Crippen molar-refractivity contribution in [2.45, 2.75) is 6.92 Å². The summed E-state index contributed by atoms with van der Waals surface area (Å²) in [4.78, 5) is 11.9. The summed E-state index contributed by atoms with van der Waals surface area (Å²) in [5.74, 6) is -1.10. The number of nitrogens with one attached hydrogen (secondary N) is 3. The second-order valence-corrected chi connectivity index (χ2v) is 4.52.